The highest BCUT2D eigenvalue weighted by Gasteiger charge is 2.02. The molecular weight excluding hydrogens is 314 g/mol. The van der Waals surface area contributed by atoms with Crippen LogP contribution in [0.2, 0.25) is 0 Å². The van der Waals surface area contributed by atoms with Gasteiger partial charge in [-0.15, -0.1) is 0 Å². The van der Waals surface area contributed by atoms with Gasteiger partial charge in [-0.25, -0.2) is 0 Å². The highest BCUT2D eigenvalue weighted by molar-refractivity contribution is 5.92. The maximum atomic E-state index is 5.96. The minimum atomic E-state index is 0.157. The van der Waals surface area contributed by atoms with Gasteiger partial charge in [0.15, 0.2) is 5.96 Å². The summed E-state index contributed by atoms with van der Waals surface area (Å²) < 4.78 is 11.2. The Hall–Kier alpha value is -2.69. The molecule has 2 rings (SSSR count). The van der Waals surface area contributed by atoms with E-state index in [1.165, 1.54) is 0 Å². The van der Waals surface area contributed by atoms with Crippen LogP contribution in [0.15, 0.2) is 53.5 Å². The van der Waals surface area contributed by atoms with Crippen molar-refractivity contribution in [3.8, 4) is 11.5 Å². The van der Waals surface area contributed by atoms with E-state index < -0.39 is 0 Å². The van der Waals surface area contributed by atoms with E-state index in [0.717, 1.165) is 29.2 Å². The Morgan fingerprint density at radius 2 is 1.84 bits per heavy atom. The average Bonchev–Trinajstić information content (AvgIpc) is 2.58. The second kappa shape index (κ2) is 9.57. The molecule has 0 fully saturated rings. The summed E-state index contributed by atoms with van der Waals surface area (Å²) in [5.74, 6) is 2.14. The van der Waals surface area contributed by atoms with E-state index in [1.807, 2.05) is 63.2 Å². The molecule has 2 aromatic rings. The molecule has 0 amide bonds. The lowest BCUT2D eigenvalue weighted by atomic mass is 10.1. The van der Waals surface area contributed by atoms with Gasteiger partial charge in [0.05, 0.1) is 12.7 Å². The van der Waals surface area contributed by atoms with Gasteiger partial charge in [0.25, 0.3) is 0 Å². The topological polar surface area (TPSA) is 68.9 Å². The van der Waals surface area contributed by atoms with Crippen molar-refractivity contribution in [3.05, 3.63) is 54.1 Å². The SMILES string of the molecule is CCOc1ccccc1CCN=C(N)Nc1ccc(OC(C)C)cc1. The first kappa shape index (κ1) is 18.6. The number of nitrogens with two attached hydrogens (primary N) is 1. The number of nitrogens with one attached hydrogen (secondary N) is 1. The van der Waals surface area contributed by atoms with Gasteiger partial charge < -0.3 is 20.5 Å². The van der Waals surface area contributed by atoms with Crippen molar-refractivity contribution < 1.29 is 9.47 Å². The Labute approximate surface area is 149 Å². The zero-order valence-electron chi connectivity index (χ0n) is 15.2. The lowest BCUT2D eigenvalue weighted by molar-refractivity contribution is 0.242. The van der Waals surface area contributed by atoms with Crippen LogP contribution in [-0.2, 0) is 6.42 Å². The lowest BCUT2D eigenvalue weighted by Crippen LogP contribution is -2.23. The van der Waals surface area contributed by atoms with E-state index in [2.05, 4.69) is 16.4 Å². The van der Waals surface area contributed by atoms with E-state index in [0.29, 0.717) is 19.1 Å². The fourth-order valence-electron chi connectivity index (χ4n) is 2.38. The minimum Gasteiger partial charge on any atom is -0.494 e. The molecule has 0 heterocycles. The minimum absolute atomic E-state index is 0.157. The van der Waals surface area contributed by atoms with Crippen molar-refractivity contribution in [2.24, 2.45) is 10.7 Å². The van der Waals surface area contributed by atoms with Gasteiger partial charge in [-0.2, -0.15) is 0 Å². The van der Waals surface area contributed by atoms with Crippen LogP contribution in [-0.4, -0.2) is 25.2 Å². The summed E-state index contributed by atoms with van der Waals surface area (Å²) in [6, 6.07) is 15.7. The lowest BCUT2D eigenvalue weighted by Gasteiger charge is -2.11. The Balaban J connectivity index is 1.87. The molecule has 0 unspecified atom stereocenters. The molecule has 0 aliphatic heterocycles. The summed E-state index contributed by atoms with van der Waals surface area (Å²) in [5.41, 5.74) is 7.98. The molecule has 2 aromatic carbocycles. The van der Waals surface area contributed by atoms with E-state index in [9.17, 15) is 0 Å². The third-order valence-corrected chi connectivity index (χ3v) is 3.43. The van der Waals surface area contributed by atoms with E-state index in [1.54, 1.807) is 0 Å². The first-order valence-corrected chi connectivity index (χ1v) is 8.63. The molecule has 0 saturated heterocycles. The van der Waals surface area contributed by atoms with Crippen LogP contribution >= 0.6 is 0 Å². The van der Waals surface area contributed by atoms with Crippen LogP contribution < -0.4 is 20.5 Å². The molecule has 0 aromatic heterocycles. The number of nitrogens with zero attached hydrogens (tertiary/aromatic N) is 1. The largest absolute Gasteiger partial charge is 0.494 e. The second-order valence-corrected chi connectivity index (χ2v) is 5.87. The van der Waals surface area contributed by atoms with Gasteiger partial charge in [0, 0.05) is 12.2 Å². The number of rotatable bonds is 8. The maximum Gasteiger partial charge on any atom is 0.193 e. The third-order valence-electron chi connectivity index (χ3n) is 3.43. The molecule has 5 nitrogen and oxygen atoms in total. The third kappa shape index (κ3) is 6.37. The molecule has 25 heavy (non-hydrogen) atoms. The fourth-order valence-corrected chi connectivity index (χ4v) is 2.38. The van der Waals surface area contributed by atoms with Crippen LogP contribution in [0, 0.1) is 0 Å². The number of hydrogen-bond acceptors (Lipinski definition) is 3. The van der Waals surface area contributed by atoms with Crippen LogP contribution in [0.1, 0.15) is 26.3 Å². The quantitative estimate of drug-likeness (QED) is 0.565. The molecule has 134 valence electrons. The van der Waals surface area contributed by atoms with Gasteiger partial charge in [-0.3, -0.25) is 4.99 Å². The first-order chi connectivity index (χ1) is 12.1. The van der Waals surface area contributed by atoms with E-state index in [-0.39, 0.29) is 6.10 Å². The Morgan fingerprint density at radius 1 is 1.12 bits per heavy atom. The Morgan fingerprint density at radius 3 is 2.52 bits per heavy atom. The number of benzene rings is 2. The predicted molar refractivity (Wildman–Crippen MR) is 104 cm³/mol. The van der Waals surface area contributed by atoms with E-state index in [4.69, 9.17) is 15.2 Å². The summed E-state index contributed by atoms with van der Waals surface area (Å²) in [6.07, 6.45) is 0.935. The van der Waals surface area contributed by atoms with Crippen LogP contribution in [0.5, 0.6) is 11.5 Å². The number of anilines is 1. The Bertz CT molecular complexity index is 682. The van der Waals surface area contributed by atoms with E-state index >= 15 is 0 Å². The van der Waals surface area contributed by atoms with Crippen LogP contribution in [0.4, 0.5) is 5.69 Å². The number of para-hydroxylation sites is 1. The summed E-state index contributed by atoms with van der Waals surface area (Å²) in [5, 5.41) is 3.09. The van der Waals surface area contributed by atoms with Gasteiger partial charge >= 0.3 is 0 Å². The second-order valence-electron chi connectivity index (χ2n) is 5.87. The molecule has 0 atom stereocenters. The molecule has 0 aliphatic carbocycles. The molecule has 0 radical (unpaired) electrons. The summed E-state index contributed by atoms with van der Waals surface area (Å²) in [6.45, 7) is 7.23. The van der Waals surface area contributed by atoms with Crippen molar-refractivity contribution in [1.29, 1.82) is 0 Å². The van der Waals surface area contributed by atoms with Crippen molar-refractivity contribution in [2.75, 3.05) is 18.5 Å². The van der Waals surface area contributed by atoms with Crippen molar-refractivity contribution in [3.63, 3.8) is 0 Å². The molecule has 5 heteroatoms. The average molecular weight is 341 g/mol. The van der Waals surface area contributed by atoms with Crippen molar-refractivity contribution >= 4 is 11.6 Å². The molecular formula is C20H27N3O2. The van der Waals surface area contributed by atoms with Crippen LogP contribution in [0.3, 0.4) is 0 Å². The summed E-state index contributed by atoms with van der Waals surface area (Å²) in [4.78, 5) is 4.38. The number of guanidine groups is 1. The summed E-state index contributed by atoms with van der Waals surface area (Å²) >= 11 is 0. The van der Waals surface area contributed by atoms with Crippen molar-refractivity contribution in [2.45, 2.75) is 33.3 Å². The van der Waals surface area contributed by atoms with Crippen LogP contribution in [0.25, 0.3) is 0 Å². The first-order valence-electron chi connectivity index (χ1n) is 8.63. The van der Waals surface area contributed by atoms with Gasteiger partial charge in [0.1, 0.15) is 11.5 Å². The molecule has 0 bridgehead atoms. The molecule has 3 N–H and O–H groups in total. The zero-order chi connectivity index (χ0) is 18.1. The Kier molecular flexibility index (Phi) is 7.14. The number of ether oxygens (including phenoxy) is 2. The predicted octanol–water partition coefficient (Wildman–Crippen LogP) is 3.84. The van der Waals surface area contributed by atoms with Gasteiger partial charge in [-0.05, 0) is 63.1 Å². The normalized spacial score (nSPS) is 11.4. The summed E-state index contributed by atoms with van der Waals surface area (Å²) in [7, 11) is 0. The molecule has 0 spiro atoms. The monoisotopic (exact) mass is 341 g/mol. The smallest absolute Gasteiger partial charge is 0.193 e. The van der Waals surface area contributed by atoms with Crippen molar-refractivity contribution in [1.82, 2.24) is 0 Å². The number of hydrogen-bond donors (Lipinski definition) is 2. The highest BCUT2D eigenvalue weighted by atomic mass is 16.5. The fraction of sp³-hybridized carbons (Fsp3) is 0.350. The zero-order valence-corrected chi connectivity index (χ0v) is 15.2. The number of aliphatic imine (C=N–C) groups is 1. The molecule has 0 saturated carbocycles. The van der Waals surface area contributed by atoms with Gasteiger partial charge in [-0.1, -0.05) is 18.2 Å². The maximum absolute atomic E-state index is 5.96. The molecule has 0 aliphatic rings. The standard InChI is InChI=1S/C20H27N3O2/c1-4-24-19-8-6-5-7-16(19)13-14-22-20(21)23-17-9-11-18(12-10-17)25-15(2)3/h5-12,15H,4,13-14H2,1-3H3,(H3,21,22,23). The highest BCUT2D eigenvalue weighted by Crippen LogP contribution is 2.19. The van der Waals surface area contributed by atoms with Gasteiger partial charge in [0.2, 0.25) is 0 Å².